The molecule has 2 rings (SSSR count). The number of carbonyl (C=O) groups excluding carboxylic acids is 1. The van der Waals surface area contributed by atoms with E-state index < -0.39 is 11.7 Å². The molecule has 0 saturated carbocycles. The Morgan fingerprint density at radius 3 is 2.81 bits per heavy atom. The number of amides is 1. The van der Waals surface area contributed by atoms with Crippen molar-refractivity contribution in [1.82, 2.24) is 0 Å². The Morgan fingerprint density at radius 2 is 2.14 bits per heavy atom. The molecule has 1 heterocycles. The van der Waals surface area contributed by atoms with Crippen molar-refractivity contribution >= 4 is 23.7 Å². The lowest BCUT2D eigenvalue weighted by Crippen LogP contribution is -2.23. The molecule has 21 heavy (non-hydrogen) atoms. The van der Waals surface area contributed by atoms with Gasteiger partial charge in [0.15, 0.2) is 0 Å². The summed E-state index contributed by atoms with van der Waals surface area (Å²) in [6.07, 6.45) is 2.13. The highest BCUT2D eigenvalue weighted by atomic mass is 16.6. The van der Waals surface area contributed by atoms with E-state index in [1.807, 2.05) is 45.0 Å². The van der Waals surface area contributed by atoms with Crippen LogP contribution in [0.3, 0.4) is 0 Å². The topological polar surface area (TPSA) is 67.9 Å². The summed E-state index contributed by atoms with van der Waals surface area (Å²) < 4.78 is 5.16. The number of carbonyl (C=O) groups is 1. The number of para-hydroxylation sites is 2. The van der Waals surface area contributed by atoms with Crippen molar-refractivity contribution in [3.8, 4) is 0 Å². The first kappa shape index (κ1) is 15.4. The van der Waals surface area contributed by atoms with Crippen molar-refractivity contribution in [2.24, 2.45) is 10.9 Å². The Kier molecular flexibility index (Phi) is 4.50. The quantitative estimate of drug-likeness (QED) is 0.671. The smallest absolute Gasteiger partial charge is 0.433 e. The second-order valence-electron chi connectivity index (χ2n) is 6.31. The van der Waals surface area contributed by atoms with Crippen LogP contribution in [0.5, 0.6) is 0 Å². The van der Waals surface area contributed by atoms with Gasteiger partial charge in [-0.1, -0.05) is 12.1 Å². The third-order valence-corrected chi connectivity index (χ3v) is 3.29. The first-order valence-electron chi connectivity index (χ1n) is 7.22. The highest BCUT2D eigenvalue weighted by Gasteiger charge is 2.23. The third-order valence-electron chi connectivity index (χ3n) is 3.29. The molecule has 0 radical (unpaired) electrons. The van der Waals surface area contributed by atoms with Crippen LogP contribution >= 0.6 is 0 Å². The average Bonchev–Trinajstić information content (AvgIpc) is 2.83. The van der Waals surface area contributed by atoms with Crippen LogP contribution in [0.25, 0.3) is 0 Å². The van der Waals surface area contributed by atoms with E-state index in [9.17, 15) is 4.79 Å². The maximum Gasteiger partial charge on any atom is 0.433 e. The standard InChI is InChI=1S/C16H23N3O2/c1-16(2,3)21-15(20)18-10-12-8-9-19(11-12)14-7-5-4-6-13(14)17/h4-7,10,12H,8-9,11,17H2,1-3H3. The first-order valence-corrected chi connectivity index (χ1v) is 7.22. The van der Waals surface area contributed by atoms with Gasteiger partial charge < -0.3 is 15.4 Å². The minimum atomic E-state index is -0.528. The van der Waals surface area contributed by atoms with E-state index in [2.05, 4.69) is 9.89 Å². The van der Waals surface area contributed by atoms with Gasteiger partial charge in [0.2, 0.25) is 0 Å². The van der Waals surface area contributed by atoms with Gasteiger partial charge in [0.25, 0.3) is 0 Å². The highest BCUT2D eigenvalue weighted by Crippen LogP contribution is 2.27. The molecule has 1 aromatic carbocycles. The lowest BCUT2D eigenvalue weighted by molar-refractivity contribution is 0.0604. The monoisotopic (exact) mass is 289 g/mol. The molecule has 1 unspecified atom stereocenters. The van der Waals surface area contributed by atoms with E-state index in [0.29, 0.717) is 0 Å². The second kappa shape index (κ2) is 6.16. The molecule has 1 saturated heterocycles. The molecule has 0 aliphatic carbocycles. The van der Waals surface area contributed by atoms with Gasteiger partial charge in [0.05, 0.1) is 11.4 Å². The number of hydrogen-bond donors (Lipinski definition) is 1. The molecule has 5 heteroatoms. The zero-order valence-corrected chi connectivity index (χ0v) is 12.9. The summed E-state index contributed by atoms with van der Waals surface area (Å²) in [6, 6.07) is 7.82. The molecular weight excluding hydrogens is 266 g/mol. The summed E-state index contributed by atoms with van der Waals surface area (Å²) in [5.74, 6) is 0.247. The van der Waals surface area contributed by atoms with E-state index >= 15 is 0 Å². The maximum absolute atomic E-state index is 11.6. The van der Waals surface area contributed by atoms with E-state index in [4.69, 9.17) is 10.5 Å². The van der Waals surface area contributed by atoms with Crippen LogP contribution in [0, 0.1) is 5.92 Å². The van der Waals surface area contributed by atoms with Gasteiger partial charge in [0.1, 0.15) is 5.60 Å². The summed E-state index contributed by atoms with van der Waals surface area (Å²) in [4.78, 5) is 17.7. The lowest BCUT2D eigenvalue weighted by Gasteiger charge is -2.20. The van der Waals surface area contributed by atoms with Gasteiger partial charge in [-0.25, -0.2) is 4.79 Å². The fourth-order valence-corrected chi connectivity index (χ4v) is 2.36. The summed E-state index contributed by atoms with van der Waals surface area (Å²) >= 11 is 0. The SMILES string of the molecule is CC(C)(C)OC(=O)N=CC1CCN(c2ccccc2N)C1. The van der Waals surface area contributed by atoms with Crippen molar-refractivity contribution < 1.29 is 9.53 Å². The Bertz CT molecular complexity index is 535. The molecule has 1 aromatic rings. The van der Waals surface area contributed by atoms with Crippen LogP contribution < -0.4 is 10.6 Å². The molecule has 5 nitrogen and oxygen atoms in total. The van der Waals surface area contributed by atoms with Crippen LogP contribution in [0.15, 0.2) is 29.3 Å². The normalized spacial score (nSPS) is 19.2. The molecule has 1 aliphatic rings. The van der Waals surface area contributed by atoms with Gasteiger partial charge in [-0.3, -0.25) is 0 Å². The number of ether oxygens (including phenoxy) is 1. The highest BCUT2D eigenvalue weighted by molar-refractivity contribution is 5.81. The fourth-order valence-electron chi connectivity index (χ4n) is 2.36. The summed E-state index contributed by atoms with van der Waals surface area (Å²) in [5.41, 5.74) is 7.31. The molecule has 0 bridgehead atoms. The molecule has 0 spiro atoms. The number of hydrogen-bond acceptors (Lipinski definition) is 4. The third kappa shape index (κ3) is 4.48. The second-order valence-corrected chi connectivity index (χ2v) is 6.31. The molecule has 1 atom stereocenters. The predicted molar refractivity (Wildman–Crippen MR) is 85.9 cm³/mol. The van der Waals surface area contributed by atoms with Gasteiger partial charge in [-0.15, -0.1) is 0 Å². The zero-order chi connectivity index (χ0) is 15.5. The van der Waals surface area contributed by atoms with Crippen LogP contribution in [0.2, 0.25) is 0 Å². The van der Waals surface area contributed by atoms with Crippen LogP contribution in [-0.4, -0.2) is 31.0 Å². The van der Waals surface area contributed by atoms with Crippen molar-refractivity contribution in [2.75, 3.05) is 23.7 Å². The predicted octanol–water partition coefficient (Wildman–Crippen LogP) is 3.10. The lowest BCUT2D eigenvalue weighted by atomic mass is 10.1. The molecule has 2 N–H and O–H groups in total. The van der Waals surface area contributed by atoms with Gasteiger partial charge in [-0.2, -0.15) is 4.99 Å². The number of benzene rings is 1. The van der Waals surface area contributed by atoms with E-state index in [0.717, 1.165) is 30.9 Å². The van der Waals surface area contributed by atoms with Crippen molar-refractivity contribution in [3.05, 3.63) is 24.3 Å². The molecule has 1 aliphatic heterocycles. The molecular formula is C16H23N3O2. The van der Waals surface area contributed by atoms with Crippen LogP contribution in [0.4, 0.5) is 16.2 Å². The van der Waals surface area contributed by atoms with Gasteiger partial charge >= 0.3 is 6.09 Å². The molecule has 114 valence electrons. The molecule has 0 aromatic heterocycles. The molecule has 1 fully saturated rings. The Labute approximate surface area is 125 Å². The number of nitrogen functional groups attached to an aromatic ring is 1. The van der Waals surface area contributed by atoms with Gasteiger partial charge in [0, 0.05) is 25.2 Å². The summed E-state index contributed by atoms with van der Waals surface area (Å²) in [5, 5.41) is 0. The number of anilines is 2. The Hall–Kier alpha value is -2.04. The van der Waals surface area contributed by atoms with Crippen molar-refractivity contribution in [1.29, 1.82) is 0 Å². The van der Waals surface area contributed by atoms with Crippen molar-refractivity contribution in [3.63, 3.8) is 0 Å². The minimum Gasteiger partial charge on any atom is -0.442 e. The van der Waals surface area contributed by atoms with Crippen LogP contribution in [0.1, 0.15) is 27.2 Å². The Morgan fingerprint density at radius 1 is 1.43 bits per heavy atom. The average molecular weight is 289 g/mol. The molecule has 1 amide bonds. The minimum absolute atomic E-state index is 0.247. The first-order chi connectivity index (χ1) is 9.85. The number of nitrogens with two attached hydrogens (primary N) is 1. The summed E-state index contributed by atoms with van der Waals surface area (Å²) in [7, 11) is 0. The van der Waals surface area contributed by atoms with Crippen LogP contribution in [-0.2, 0) is 4.74 Å². The van der Waals surface area contributed by atoms with Gasteiger partial charge in [-0.05, 0) is 39.3 Å². The number of nitrogens with zero attached hydrogens (tertiary/aromatic N) is 2. The van der Waals surface area contributed by atoms with Crippen molar-refractivity contribution in [2.45, 2.75) is 32.8 Å². The largest absolute Gasteiger partial charge is 0.442 e. The fraction of sp³-hybridized carbons (Fsp3) is 0.500. The summed E-state index contributed by atoms with van der Waals surface area (Å²) in [6.45, 7) is 7.22. The number of aliphatic imine (C=N–C) groups is 1. The number of rotatable bonds is 2. The maximum atomic E-state index is 11.6. The van der Waals surface area contributed by atoms with E-state index in [1.165, 1.54) is 0 Å². The zero-order valence-electron chi connectivity index (χ0n) is 12.9. The Balaban J connectivity index is 1.91. The van der Waals surface area contributed by atoms with E-state index in [-0.39, 0.29) is 5.92 Å². The van der Waals surface area contributed by atoms with E-state index in [1.54, 1.807) is 6.21 Å².